The van der Waals surface area contributed by atoms with Gasteiger partial charge in [-0.25, -0.2) is 0 Å². The fourth-order valence-corrected chi connectivity index (χ4v) is 4.30. The number of aromatic nitrogens is 3. The van der Waals surface area contributed by atoms with Crippen molar-refractivity contribution in [1.82, 2.24) is 14.8 Å². The molecule has 0 bridgehead atoms. The molecule has 1 aromatic heterocycles. The number of ether oxygens (including phenoxy) is 2. The number of methoxy groups -OCH3 is 1. The van der Waals surface area contributed by atoms with Crippen molar-refractivity contribution in [1.29, 1.82) is 0 Å². The van der Waals surface area contributed by atoms with Gasteiger partial charge in [-0.3, -0.25) is 4.79 Å². The van der Waals surface area contributed by atoms with Gasteiger partial charge >= 0.3 is 0 Å². The largest absolute Gasteiger partial charge is 0.493 e. The summed E-state index contributed by atoms with van der Waals surface area (Å²) >= 11 is 4.85. The molecular formula is C22H25BrN4O3S. The zero-order valence-electron chi connectivity index (χ0n) is 17.9. The molecule has 0 saturated carbocycles. The Morgan fingerprint density at radius 3 is 2.58 bits per heavy atom. The van der Waals surface area contributed by atoms with Gasteiger partial charge in [0.15, 0.2) is 22.5 Å². The van der Waals surface area contributed by atoms with E-state index in [0.717, 1.165) is 21.3 Å². The summed E-state index contributed by atoms with van der Waals surface area (Å²) in [6.07, 6.45) is 0. The Bertz CT molecular complexity index is 1070. The van der Waals surface area contributed by atoms with Crippen molar-refractivity contribution in [3.8, 4) is 11.5 Å². The lowest BCUT2D eigenvalue weighted by Crippen LogP contribution is -2.15. The van der Waals surface area contributed by atoms with E-state index < -0.39 is 0 Å². The van der Waals surface area contributed by atoms with Crippen LogP contribution in [0.4, 0.5) is 5.69 Å². The third kappa shape index (κ3) is 5.80. The first-order valence-electron chi connectivity index (χ1n) is 9.80. The molecule has 0 radical (unpaired) electrons. The van der Waals surface area contributed by atoms with E-state index in [0.29, 0.717) is 29.0 Å². The molecule has 164 valence electrons. The number of benzene rings is 2. The van der Waals surface area contributed by atoms with Crippen LogP contribution in [0, 0.1) is 13.8 Å². The minimum absolute atomic E-state index is 0.105. The highest BCUT2D eigenvalue weighted by Gasteiger charge is 2.15. The second-order valence-corrected chi connectivity index (χ2v) is 8.63. The molecule has 0 aliphatic rings. The van der Waals surface area contributed by atoms with Crippen molar-refractivity contribution >= 4 is 39.3 Å². The molecule has 1 N–H and O–H groups in total. The fraction of sp³-hybridized carbons (Fsp3) is 0.318. The molecule has 0 saturated heterocycles. The first-order valence-corrected chi connectivity index (χ1v) is 11.6. The third-order valence-electron chi connectivity index (χ3n) is 4.73. The number of hydrogen-bond donors (Lipinski definition) is 1. The SMILES string of the molecule is CCn1c(COc2ccccc2OC)nnc1SCC(=O)Nc1cc(C)c(C)cc1Br. The summed E-state index contributed by atoms with van der Waals surface area (Å²) in [4.78, 5) is 12.5. The number of aryl methyl sites for hydroxylation is 2. The molecule has 31 heavy (non-hydrogen) atoms. The number of carbonyl (C=O) groups is 1. The average molecular weight is 505 g/mol. The maximum Gasteiger partial charge on any atom is 0.234 e. The van der Waals surface area contributed by atoms with Crippen LogP contribution in [0.1, 0.15) is 23.9 Å². The summed E-state index contributed by atoms with van der Waals surface area (Å²) < 4.78 is 14.0. The lowest BCUT2D eigenvalue weighted by Gasteiger charge is -2.12. The van der Waals surface area contributed by atoms with Gasteiger partial charge < -0.3 is 19.4 Å². The number of anilines is 1. The molecular weight excluding hydrogens is 480 g/mol. The standard InChI is InChI=1S/C22H25BrN4O3S/c1-5-27-20(12-30-19-9-7-6-8-18(19)29-4)25-26-22(27)31-13-21(28)24-17-11-15(3)14(2)10-16(17)23/h6-11H,5,12-13H2,1-4H3,(H,24,28). The second kappa shape index (κ2) is 10.7. The molecule has 0 spiro atoms. The smallest absolute Gasteiger partial charge is 0.234 e. The minimum atomic E-state index is -0.105. The van der Waals surface area contributed by atoms with Crippen molar-refractivity contribution < 1.29 is 14.3 Å². The van der Waals surface area contributed by atoms with Crippen molar-refractivity contribution in [3.63, 3.8) is 0 Å². The van der Waals surface area contributed by atoms with Gasteiger partial charge in [0.2, 0.25) is 5.91 Å². The summed E-state index contributed by atoms with van der Waals surface area (Å²) in [7, 11) is 1.60. The van der Waals surface area contributed by atoms with Gasteiger partial charge in [-0.1, -0.05) is 23.9 Å². The van der Waals surface area contributed by atoms with E-state index in [-0.39, 0.29) is 18.3 Å². The lowest BCUT2D eigenvalue weighted by molar-refractivity contribution is -0.113. The Labute approximate surface area is 194 Å². The van der Waals surface area contributed by atoms with Crippen LogP contribution < -0.4 is 14.8 Å². The van der Waals surface area contributed by atoms with Crippen LogP contribution in [0.3, 0.4) is 0 Å². The van der Waals surface area contributed by atoms with Crippen molar-refractivity contribution in [2.24, 2.45) is 0 Å². The van der Waals surface area contributed by atoms with Crippen LogP contribution in [0.5, 0.6) is 11.5 Å². The van der Waals surface area contributed by atoms with Gasteiger partial charge in [-0.2, -0.15) is 0 Å². The number of para-hydroxylation sites is 2. The van der Waals surface area contributed by atoms with E-state index in [1.165, 1.54) is 11.8 Å². The summed E-state index contributed by atoms with van der Waals surface area (Å²) in [6.45, 7) is 6.99. The van der Waals surface area contributed by atoms with Gasteiger partial charge in [0.25, 0.3) is 0 Å². The Kier molecular flexibility index (Phi) is 7.97. The number of thioether (sulfide) groups is 1. The van der Waals surface area contributed by atoms with Gasteiger partial charge in [-0.15, -0.1) is 10.2 Å². The van der Waals surface area contributed by atoms with Crippen molar-refractivity contribution in [2.45, 2.75) is 39.1 Å². The van der Waals surface area contributed by atoms with E-state index in [9.17, 15) is 4.79 Å². The topological polar surface area (TPSA) is 78.3 Å². The predicted molar refractivity (Wildman–Crippen MR) is 126 cm³/mol. The summed E-state index contributed by atoms with van der Waals surface area (Å²) in [5, 5.41) is 12.1. The second-order valence-electron chi connectivity index (χ2n) is 6.84. The van der Waals surface area contributed by atoms with Crippen LogP contribution in [-0.2, 0) is 17.9 Å². The number of nitrogens with one attached hydrogen (secondary N) is 1. The van der Waals surface area contributed by atoms with Crippen LogP contribution in [-0.4, -0.2) is 33.5 Å². The highest BCUT2D eigenvalue weighted by molar-refractivity contribution is 9.10. The summed E-state index contributed by atoms with van der Waals surface area (Å²) in [5.74, 6) is 2.11. The van der Waals surface area contributed by atoms with Crippen LogP contribution in [0.15, 0.2) is 46.0 Å². The van der Waals surface area contributed by atoms with Crippen molar-refractivity contribution in [2.75, 3.05) is 18.2 Å². The molecule has 3 aromatic rings. The number of amides is 1. The maximum atomic E-state index is 12.5. The monoisotopic (exact) mass is 504 g/mol. The van der Waals surface area contributed by atoms with E-state index in [2.05, 4.69) is 31.4 Å². The molecule has 0 atom stereocenters. The van der Waals surface area contributed by atoms with Crippen LogP contribution in [0.2, 0.25) is 0 Å². The Balaban J connectivity index is 1.62. The molecule has 0 aliphatic carbocycles. The third-order valence-corrected chi connectivity index (χ3v) is 6.35. The van der Waals surface area contributed by atoms with Gasteiger partial charge in [0, 0.05) is 11.0 Å². The maximum absolute atomic E-state index is 12.5. The van der Waals surface area contributed by atoms with Gasteiger partial charge in [0.05, 0.1) is 18.6 Å². The molecule has 1 amide bonds. The van der Waals surface area contributed by atoms with E-state index in [1.54, 1.807) is 7.11 Å². The quantitative estimate of drug-likeness (QED) is 0.413. The van der Waals surface area contributed by atoms with Crippen molar-refractivity contribution in [3.05, 3.63) is 57.8 Å². The van der Waals surface area contributed by atoms with Gasteiger partial charge in [0.1, 0.15) is 6.61 Å². The normalized spacial score (nSPS) is 10.7. The van der Waals surface area contributed by atoms with Gasteiger partial charge in [-0.05, 0) is 72.1 Å². The molecule has 2 aromatic carbocycles. The highest BCUT2D eigenvalue weighted by atomic mass is 79.9. The van der Waals surface area contributed by atoms with E-state index >= 15 is 0 Å². The zero-order chi connectivity index (χ0) is 22.4. The van der Waals surface area contributed by atoms with E-state index in [4.69, 9.17) is 9.47 Å². The Hall–Kier alpha value is -2.52. The lowest BCUT2D eigenvalue weighted by atomic mass is 10.1. The summed E-state index contributed by atoms with van der Waals surface area (Å²) in [6, 6.07) is 11.4. The predicted octanol–water partition coefficient (Wildman–Crippen LogP) is 5.00. The Morgan fingerprint density at radius 2 is 1.87 bits per heavy atom. The molecule has 1 heterocycles. The van der Waals surface area contributed by atoms with Crippen LogP contribution in [0.25, 0.3) is 0 Å². The molecule has 0 unspecified atom stereocenters. The fourth-order valence-electron chi connectivity index (χ4n) is 2.92. The molecule has 0 aliphatic heterocycles. The number of hydrogen-bond acceptors (Lipinski definition) is 6. The number of rotatable bonds is 9. The number of carbonyl (C=O) groups excluding carboxylic acids is 1. The highest BCUT2D eigenvalue weighted by Crippen LogP contribution is 2.28. The molecule has 9 heteroatoms. The average Bonchev–Trinajstić information content (AvgIpc) is 3.16. The number of halogens is 1. The van der Waals surface area contributed by atoms with E-state index in [1.807, 2.05) is 61.7 Å². The minimum Gasteiger partial charge on any atom is -0.493 e. The van der Waals surface area contributed by atoms with Crippen LogP contribution >= 0.6 is 27.7 Å². The first-order chi connectivity index (χ1) is 14.9. The molecule has 0 fully saturated rings. The summed E-state index contributed by atoms with van der Waals surface area (Å²) in [5.41, 5.74) is 3.05. The first kappa shape index (κ1) is 23.1. The zero-order valence-corrected chi connectivity index (χ0v) is 20.3. The Morgan fingerprint density at radius 1 is 1.16 bits per heavy atom. The molecule has 3 rings (SSSR count). The molecule has 7 nitrogen and oxygen atoms in total. The number of nitrogens with zero attached hydrogens (tertiary/aromatic N) is 3.